The number of anilines is 1. The molecular weight excluding hydrogens is 540 g/mol. The van der Waals surface area contributed by atoms with Crippen LogP contribution in [0.4, 0.5) is 5.13 Å². The minimum atomic E-state index is -3.61. The van der Waals surface area contributed by atoms with E-state index >= 15 is 0 Å². The number of carbonyl (C=O) groups excluding carboxylic acids is 1. The third-order valence-corrected chi connectivity index (χ3v) is 10.1. The topological polar surface area (TPSA) is 73.8 Å². The van der Waals surface area contributed by atoms with Crippen molar-refractivity contribution in [1.82, 2.24) is 14.2 Å². The normalized spacial score (nSPS) is 14.7. The maximum atomic E-state index is 13.7. The van der Waals surface area contributed by atoms with E-state index in [1.165, 1.54) is 27.6 Å². The quantitative estimate of drug-likeness (QED) is 0.370. The van der Waals surface area contributed by atoms with Crippen molar-refractivity contribution in [3.8, 4) is 0 Å². The summed E-state index contributed by atoms with van der Waals surface area (Å²) in [5, 5.41) is 0.667. The van der Waals surface area contributed by atoms with E-state index in [1.54, 1.807) is 36.2 Å². The summed E-state index contributed by atoms with van der Waals surface area (Å²) in [6.45, 7) is 3.50. The van der Waals surface area contributed by atoms with Gasteiger partial charge in [-0.05, 0) is 88.3 Å². The summed E-state index contributed by atoms with van der Waals surface area (Å²) in [4.78, 5) is 22.5. The lowest BCUT2D eigenvalue weighted by Crippen LogP contribution is -3.00. The van der Waals surface area contributed by atoms with Crippen molar-refractivity contribution in [3.63, 3.8) is 0 Å². The monoisotopic (exact) mass is 577 g/mol. The third kappa shape index (κ3) is 6.93. The van der Waals surface area contributed by atoms with E-state index in [-0.39, 0.29) is 29.3 Å². The molecule has 1 aliphatic carbocycles. The van der Waals surface area contributed by atoms with Crippen molar-refractivity contribution < 1.29 is 25.6 Å². The summed E-state index contributed by atoms with van der Waals surface area (Å²) in [6.07, 6.45) is 6.83. The Bertz CT molecular complexity index is 1320. The summed E-state index contributed by atoms with van der Waals surface area (Å²) < 4.78 is 29.1. The van der Waals surface area contributed by atoms with Gasteiger partial charge in [0.15, 0.2) is 5.13 Å². The highest BCUT2D eigenvalue weighted by atomic mass is 35.5. The van der Waals surface area contributed by atoms with Gasteiger partial charge in [-0.2, -0.15) is 4.31 Å². The van der Waals surface area contributed by atoms with Crippen LogP contribution in [0, 0.1) is 0 Å². The Morgan fingerprint density at radius 2 is 1.68 bits per heavy atom. The van der Waals surface area contributed by atoms with Crippen molar-refractivity contribution in [2.45, 2.75) is 62.8 Å². The number of sulfonamides is 1. The highest BCUT2D eigenvalue weighted by molar-refractivity contribution is 7.89. The lowest BCUT2D eigenvalue weighted by atomic mass is 9.96. The van der Waals surface area contributed by atoms with Crippen molar-refractivity contribution in [1.29, 1.82) is 0 Å². The number of nitrogens with zero attached hydrogens (tertiary/aromatic N) is 4. The van der Waals surface area contributed by atoms with Crippen molar-refractivity contribution in [3.05, 3.63) is 53.6 Å². The van der Waals surface area contributed by atoms with Gasteiger partial charge in [0.05, 0.1) is 15.1 Å². The fraction of sp³-hybridized carbons (Fsp3) is 0.500. The van der Waals surface area contributed by atoms with E-state index in [1.807, 2.05) is 20.2 Å². The molecule has 1 fully saturated rings. The molecule has 3 aromatic rings. The molecule has 7 nitrogen and oxygen atoms in total. The standard InChI is InChI=1S/C28H38N4O3S2.ClH/c1-5-21-12-17-25-26(20-21)36-28(29-25)32(19-9-18-30(2)3)27(33)22-13-15-24(16-14-22)37(34,35)31(4)23-10-7-6-8-11-23;/h12-17,20,23H,5-11,18-19H2,1-4H3;1H/p-1. The Morgan fingerprint density at radius 3 is 2.32 bits per heavy atom. The first kappa shape index (κ1) is 30.5. The molecule has 0 N–H and O–H groups in total. The Balaban J connectivity index is 0.00000400. The second kappa shape index (κ2) is 13.3. The van der Waals surface area contributed by atoms with Crippen LogP contribution in [0.5, 0.6) is 0 Å². The number of hydrogen-bond donors (Lipinski definition) is 0. The minimum absolute atomic E-state index is 0. The summed E-state index contributed by atoms with van der Waals surface area (Å²) in [5.74, 6) is -0.168. The predicted molar refractivity (Wildman–Crippen MR) is 152 cm³/mol. The van der Waals surface area contributed by atoms with Gasteiger partial charge in [-0.15, -0.1) is 0 Å². The van der Waals surface area contributed by atoms with Crippen LogP contribution in [0.1, 0.15) is 61.4 Å². The molecule has 0 atom stereocenters. The first-order valence-corrected chi connectivity index (χ1v) is 15.4. The number of thiazole rings is 1. The van der Waals surface area contributed by atoms with Gasteiger partial charge < -0.3 is 17.3 Å². The number of rotatable bonds is 10. The maximum absolute atomic E-state index is 13.7. The summed E-state index contributed by atoms with van der Waals surface area (Å²) in [6, 6.07) is 12.7. The molecule has 1 heterocycles. The molecule has 0 aliphatic heterocycles. The number of fused-ring (bicyclic) bond motifs is 1. The zero-order valence-corrected chi connectivity index (χ0v) is 25.1. The molecule has 1 amide bonds. The van der Waals surface area contributed by atoms with E-state index in [0.717, 1.165) is 55.3 Å². The molecule has 0 saturated heterocycles. The van der Waals surface area contributed by atoms with Crippen LogP contribution in [0.2, 0.25) is 0 Å². The Labute approximate surface area is 237 Å². The fourth-order valence-corrected chi connectivity index (χ4v) is 7.32. The predicted octanol–water partition coefficient (Wildman–Crippen LogP) is 2.41. The highest BCUT2D eigenvalue weighted by Gasteiger charge is 2.29. The Morgan fingerprint density at radius 1 is 1.00 bits per heavy atom. The maximum Gasteiger partial charge on any atom is 0.260 e. The molecule has 1 saturated carbocycles. The zero-order valence-electron chi connectivity index (χ0n) is 22.7. The third-order valence-electron chi connectivity index (χ3n) is 7.18. The Kier molecular flexibility index (Phi) is 10.7. The van der Waals surface area contributed by atoms with Crippen molar-refractivity contribution in [2.75, 3.05) is 39.1 Å². The van der Waals surface area contributed by atoms with Gasteiger partial charge in [0.1, 0.15) is 0 Å². The number of aryl methyl sites for hydroxylation is 1. The number of amides is 1. The van der Waals surface area contributed by atoms with Crippen molar-refractivity contribution in [2.24, 2.45) is 0 Å². The molecule has 208 valence electrons. The average Bonchev–Trinajstić information content (AvgIpc) is 3.33. The van der Waals surface area contributed by atoms with E-state index in [9.17, 15) is 13.2 Å². The summed E-state index contributed by atoms with van der Waals surface area (Å²) in [7, 11) is 2.09. The van der Waals surface area contributed by atoms with Gasteiger partial charge in [0, 0.05) is 25.2 Å². The number of aromatic nitrogens is 1. The van der Waals surface area contributed by atoms with Gasteiger partial charge in [0.2, 0.25) is 10.0 Å². The largest absolute Gasteiger partial charge is 1.00 e. The van der Waals surface area contributed by atoms with E-state index in [4.69, 9.17) is 4.98 Å². The molecule has 0 radical (unpaired) electrons. The smallest absolute Gasteiger partial charge is 0.260 e. The molecule has 38 heavy (non-hydrogen) atoms. The molecule has 10 heteroatoms. The van der Waals surface area contributed by atoms with Crippen LogP contribution < -0.4 is 17.3 Å². The van der Waals surface area contributed by atoms with Gasteiger partial charge in [-0.1, -0.05) is 43.6 Å². The van der Waals surface area contributed by atoms with Crippen molar-refractivity contribution >= 4 is 42.6 Å². The van der Waals surface area contributed by atoms with E-state index < -0.39 is 10.0 Å². The van der Waals surface area contributed by atoms with Crippen LogP contribution in [0.15, 0.2) is 47.4 Å². The molecule has 1 aliphatic rings. The second-order valence-electron chi connectivity index (χ2n) is 10.1. The van der Waals surface area contributed by atoms with Crippen LogP contribution in [0.25, 0.3) is 10.2 Å². The zero-order chi connectivity index (χ0) is 26.6. The van der Waals surface area contributed by atoms with Crippen LogP contribution >= 0.6 is 11.3 Å². The number of hydrogen-bond acceptors (Lipinski definition) is 6. The molecule has 0 spiro atoms. The van der Waals surface area contributed by atoms with Gasteiger partial charge in [0.25, 0.3) is 5.91 Å². The Hall–Kier alpha value is -2.04. The van der Waals surface area contributed by atoms with Gasteiger partial charge in [-0.25, -0.2) is 13.4 Å². The van der Waals surface area contributed by atoms with Gasteiger partial charge in [-0.3, -0.25) is 9.69 Å². The lowest BCUT2D eigenvalue weighted by Gasteiger charge is -2.30. The van der Waals surface area contributed by atoms with E-state index in [0.29, 0.717) is 17.2 Å². The molecule has 0 bridgehead atoms. The molecular formula is C28H38ClN4O3S2-. The number of carbonyl (C=O) groups is 1. The first-order valence-electron chi connectivity index (χ1n) is 13.1. The van der Waals surface area contributed by atoms with Crippen LogP contribution in [-0.4, -0.2) is 68.8 Å². The molecule has 2 aromatic carbocycles. The average molecular weight is 578 g/mol. The van der Waals surface area contributed by atoms with Crippen LogP contribution in [0.3, 0.4) is 0 Å². The fourth-order valence-electron chi connectivity index (χ4n) is 4.85. The highest BCUT2D eigenvalue weighted by Crippen LogP contribution is 2.31. The van der Waals surface area contributed by atoms with Crippen LogP contribution in [-0.2, 0) is 16.4 Å². The first-order chi connectivity index (χ1) is 17.7. The number of halogens is 1. The summed E-state index contributed by atoms with van der Waals surface area (Å²) in [5.41, 5.74) is 2.58. The minimum Gasteiger partial charge on any atom is -1.00 e. The summed E-state index contributed by atoms with van der Waals surface area (Å²) >= 11 is 1.52. The second-order valence-corrected chi connectivity index (χ2v) is 13.1. The van der Waals surface area contributed by atoms with Gasteiger partial charge >= 0.3 is 0 Å². The lowest BCUT2D eigenvalue weighted by molar-refractivity contribution is -0.0000179. The van der Waals surface area contributed by atoms with E-state index in [2.05, 4.69) is 24.0 Å². The SMILES string of the molecule is CCc1ccc2nc(N(CCCN(C)C)C(=O)c3ccc(S(=O)(=O)N(C)C4CCCCC4)cc3)sc2c1.[Cl-]. The molecule has 1 aromatic heterocycles. The molecule has 4 rings (SSSR count). The molecule has 0 unspecified atom stereocenters. The number of benzene rings is 2.